The fourth-order valence-electron chi connectivity index (χ4n) is 4.36. The lowest BCUT2D eigenvalue weighted by Crippen LogP contribution is -2.39. The molecule has 0 radical (unpaired) electrons. The van der Waals surface area contributed by atoms with Crippen LogP contribution < -0.4 is 0 Å². The van der Waals surface area contributed by atoms with Gasteiger partial charge in [-0.1, -0.05) is 30.3 Å². The molecule has 2 heterocycles. The first-order valence-electron chi connectivity index (χ1n) is 10.0. The lowest BCUT2D eigenvalue weighted by Gasteiger charge is -2.35. The number of esters is 2. The molecule has 2 aliphatic rings. The highest BCUT2D eigenvalue weighted by Gasteiger charge is 2.45. The van der Waals surface area contributed by atoms with E-state index in [4.69, 9.17) is 9.47 Å². The summed E-state index contributed by atoms with van der Waals surface area (Å²) in [4.78, 5) is 27.5. The van der Waals surface area contributed by atoms with E-state index >= 15 is 0 Å². The van der Waals surface area contributed by atoms with Gasteiger partial charge >= 0.3 is 11.9 Å². The fourth-order valence-corrected chi connectivity index (χ4v) is 4.36. The van der Waals surface area contributed by atoms with Gasteiger partial charge < -0.3 is 14.4 Å². The van der Waals surface area contributed by atoms with Crippen LogP contribution in [0.5, 0.6) is 0 Å². The van der Waals surface area contributed by atoms with Gasteiger partial charge in [-0.2, -0.15) is 0 Å². The van der Waals surface area contributed by atoms with Crippen molar-refractivity contribution in [1.29, 1.82) is 0 Å². The van der Waals surface area contributed by atoms with E-state index in [0.29, 0.717) is 18.8 Å². The minimum absolute atomic E-state index is 0.0894. The van der Waals surface area contributed by atoms with E-state index in [2.05, 4.69) is 17.0 Å². The minimum atomic E-state index is -0.274. The first-order valence-corrected chi connectivity index (χ1v) is 10.0. The molecule has 0 unspecified atom stereocenters. The molecule has 0 aromatic heterocycles. The summed E-state index contributed by atoms with van der Waals surface area (Å²) in [5.41, 5.74) is 2.99. The Morgan fingerprint density at radius 1 is 1.07 bits per heavy atom. The largest absolute Gasteiger partial charge is 0.466 e. The van der Waals surface area contributed by atoms with Crippen molar-refractivity contribution in [1.82, 2.24) is 4.90 Å². The number of carbonyl (C=O) groups excluding carboxylic acids is 2. The summed E-state index contributed by atoms with van der Waals surface area (Å²) in [6.45, 7) is 5.24. The second-order valence-corrected chi connectivity index (χ2v) is 7.10. The standard InChI is InChI=1S/C22H29NO4/c1-3-26-20(24)15-17-19(14-16-10-6-5-7-11-16)23-13-9-8-12-18(23)21(17)22(25)27-4-2/h5-7,10-11,17,19H,3-4,8-9,12-15H2,1-2H3/t17-,19-/m0/s1. The third kappa shape index (κ3) is 4.34. The van der Waals surface area contributed by atoms with Gasteiger partial charge in [0, 0.05) is 24.2 Å². The molecule has 5 nitrogen and oxygen atoms in total. The summed E-state index contributed by atoms with van der Waals surface area (Å²) in [6, 6.07) is 10.4. The Morgan fingerprint density at radius 2 is 1.81 bits per heavy atom. The molecule has 146 valence electrons. The van der Waals surface area contributed by atoms with E-state index in [0.717, 1.165) is 37.9 Å². The molecule has 0 saturated carbocycles. The number of rotatable bonds is 7. The number of piperidine rings is 1. The quantitative estimate of drug-likeness (QED) is 0.687. The molecule has 0 aliphatic carbocycles. The van der Waals surface area contributed by atoms with Gasteiger partial charge in [-0.15, -0.1) is 0 Å². The van der Waals surface area contributed by atoms with Crippen LogP contribution in [0.15, 0.2) is 41.6 Å². The molecule has 0 bridgehead atoms. The zero-order valence-corrected chi connectivity index (χ0v) is 16.3. The molecule has 2 aliphatic heterocycles. The Balaban J connectivity index is 1.94. The van der Waals surface area contributed by atoms with Gasteiger partial charge in [0.25, 0.3) is 0 Å². The van der Waals surface area contributed by atoms with E-state index in [1.165, 1.54) is 5.56 Å². The number of allylic oxidation sites excluding steroid dienone is 1. The predicted octanol–water partition coefficient (Wildman–Crippen LogP) is 3.48. The summed E-state index contributed by atoms with van der Waals surface area (Å²) < 4.78 is 10.6. The summed E-state index contributed by atoms with van der Waals surface area (Å²) in [5.74, 6) is -0.705. The Morgan fingerprint density at radius 3 is 2.52 bits per heavy atom. The van der Waals surface area contributed by atoms with Crippen LogP contribution in [0.2, 0.25) is 0 Å². The molecule has 0 amide bonds. The topological polar surface area (TPSA) is 55.8 Å². The van der Waals surface area contributed by atoms with E-state index in [1.54, 1.807) is 0 Å². The summed E-state index contributed by atoms with van der Waals surface area (Å²) in [6.07, 6.45) is 4.07. The SMILES string of the molecule is CCOC(=O)C[C@@H]1C(C(=O)OCC)=C2CCCCN2[C@H]1Cc1ccccc1. The van der Waals surface area contributed by atoms with Crippen LogP contribution in [0.4, 0.5) is 0 Å². The summed E-state index contributed by atoms with van der Waals surface area (Å²) >= 11 is 0. The second kappa shape index (κ2) is 9.07. The van der Waals surface area contributed by atoms with Gasteiger partial charge in [-0.3, -0.25) is 4.79 Å². The van der Waals surface area contributed by atoms with Crippen molar-refractivity contribution in [3.63, 3.8) is 0 Å². The fraction of sp³-hybridized carbons (Fsp3) is 0.545. The highest BCUT2D eigenvalue weighted by molar-refractivity contribution is 5.92. The molecule has 1 saturated heterocycles. The number of benzene rings is 1. The van der Waals surface area contributed by atoms with Gasteiger partial charge in [0.2, 0.25) is 0 Å². The van der Waals surface area contributed by atoms with E-state index in [-0.39, 0.29) is 30.3 Å². The van der Waals surface area contributed by atoms with Crippen LogP contribution in [0.3, 0.4) is 0 Å². The van der Waals surface area contributed by atoms with E-state index in [1.807, 2.05) is 32.0 Å². The smallest absolute Gasteiger partial charge is 0.336 e. The third-order valence-corrected chi connectivity index (χ3v) is 5.43. The van der Waals surface area contributed by atoms with Crippen LogP contribution in [0.25, 0.3) is 0 Å². The lowest BCUT2D eigenvalue weighted by molar-refractivity contribution is -0.144. The van der Waals surface area contributed by atoms with Crippen LogP contribution >= 0.6 is 0 Å². The molecule has 5 heteroatoms. The maximum Gasteiger partial charge on any atom is 0.336 e. The summed E-state index contributed by atoms with van der Waals surface area (Å²) in [7, 11) is 0. The average Bonchev–Trinajstić information content (AvgIpc) is 2.96. The number of fused-ring (bicyclic) bond motifs is 1. The van der Waals surface area contributed by atoms with Crippen molar-refractivity contribution in [2.24, 2.45) is 5.92 Å². The Labute approximate surface area is 161 Å². The van der Waals surface area contributed by atoms with Gasteiger partial charge in [0.05, 0.1) is 25.2 Å². The maximum atomic E-state index is 12.8. The number of carbonyl (C=O) groups is 2. The van der Waals surface area contributed by atoms with Gasteiger partial charge in [0.1, 0.15) is 0 Å². The molecule has 1 aromatic carbocycles. The number of hydrogen-bond donors (Lipinski definition) is 0. The maximum absolute atomic E-state index is 12.8. The molecule has 2 atom stereocenters. The van der Waals surface area contributed by atoms with Crippen molar-refractivity contribution in [3.8, 4) is 0 Å². The van der Waals surface area contributed by atoms with Crippen molar-refractivity contribution >= 4 is 11.9 Å². The van der Waals surface area contributed by atoms with Crippen molar-refractivity contribution < 1.29 is 19.1 Å². The van der Waals surface area contributed by atoms with Crippen molar-refractivity contribution in [2.75, 3.05) is 19.8 Å². The molecule has 0 spiro atoms. The number of ether oxygens (including phenoxy) is 2. The Kier molecular flexibility index (Phi) is 6.54. The van der Waals surface area contributed by atoms with Gasteiger partial charge in [0.15, 0.2) is 0 Å². The number of hydrogen-bond acceptors (Lipinski definition) is 5. The summed E-state index contributed by atoms with van der Waals surface area (Å²) in [5, 5.41) is 0. The molecular weight excluding hydrogens is 342 g/mol. The molecular formula is C22H29NO4. The van der Waals surface area contributed by atoms with E-state index < -0.39 is 0 Å². The Bertz CT molecular complexity index is 698. The highest BCUT2D eigenvalue weighted by atomic mass is 16.5. The molecule has 1 fully saturated rings. The van der Waals surface area contributed by atoms with Crippen LogP contribution in [0.1, 0.15) is 45.1 Å². The number of nitrogens with zero attached hydrogens (tertiary/aromatic N) is 1. The van der Waals surface area contributed by atoms with Gasteiger partial charge in [-0.05, 0) is 45.1 Å². The van der Waals surface area contributed by atoms with Crippen LogP contribution in [-0.2, 0) is 25.5 Å². The first kappa shape index (κ1) is 19.5. The predicted molar refractivity (Wildman–Crippen MR) is 103 cm³/mol. The molecule has 0 N–H and O–H groups in total. The molecule has 27 heavy (non-hydrogen) atoms. The second-order valence-electron chi connectivity index (χ2n) is 7.10. The highest BCUT2D eigenvalue weighted by Crippen LogP contribution is 2.42. The van der Waals surface area contributed by atoms with Gasteiger partial charge in [-0.25, -0.2) is 4.79 Å². The molecule has 3 rings (SSSR count). The Hall–Kier alpha value is -2.30. The zero-order valence-electron chi connectivity index (χ0n) is 16.3. The van der Waals surface area contributed by atoms with E-state index in [9.17, 15) is 9.59 Å². The lowest BCUT2D eigenvalue weighted by atomic mass is 9.87. The third-order valence-electron chi connectivity index (χ3n) is 5.43. The monoisotopic (exact) mass is 371 g/mol. The van der Waals surface area contributed by atoms with Crippen molar-refractivity contribution in [3.05, 3.63) is 47.2 Å². The van der Waals surface area contributed by atoms with Crippen molar-refractivity contribution in [2.45, 2.75) is 52.0 Å². The molecule has 1 aromatic rings. The van der Waals surface area contributed by atoms with Crippen LogP contribution in [0, 0.1) is 5.92 Å². The first-order chi connectivity index (χ1) is 13.2. The van der Waals surface area contributed by atoms with Crippen LogP contribution in [-0.4, -0.2) is 42.6 Å². The zero-order chi connectivity index (χ0) is 19.2. The average molecular weight is 371 g/mol. The normalized spacial score (nSPS) is 21.8. The minimum Gasteiger partial charge on any atom is -0.466 e.